The van der Waals surface area contributed by atoms with E-state index in [-0.39, 0.29) is 30.2 Å². The highest BCUT2D eigenvalue weighted by Crippen LogP contribution is 2.28. The fourth-order valence-corrected chi connectivity index (χ4v) is 4.95. The fraction of sp³-hybridized carbons (Fsp3) is 0.179. The number of carbonyl (C=O) groups excluding carboxylic acids is 2. The van der Waals surface area contributed by atoms with E-state index in [1.165, 1.54) is 23.5 Å². The molecule has 0 fully saturated rings. The van der Waals surface area contributed by atoms with Crippen LogP contribution in [0, 0.1) is 5.82 Å². The number of ether oxygens (including phenoxy) is 1. The van der Waals surface area contributed by atoms with Crippen molar-refractivity contribution < 1.29 is 18.7 Å². The number of halogens is 1. The number of hydrogen-bond donors (Lipinski definition) is 2. The number of anilines is 1. The Labute approximate surface area is 227 Å². The fourth-order valence-electron chi connectivity index (χ4n) is 4.14. The second kappa shape index (κ2) is 11.5. The molecule has 0 saturated carbocycles. The number of fused-ring (bicyclic) bond motifs is 1. The first-order chi connectivity index (χ1) is 18.9. The zero-order chi connectivity index (χ0) is 27.4. The van der Waals surface area contributed by atoms with Crippen LogP contribution in [0.3, 0.4) is 0 Å². The molecule has 1 aliphatic rings. The summed E-state index contributed by atoms with van der Waals surface area (Å²) in [4.78, 5) is 39.5. The van der Waals surface area contributed by atoms with Gasteiger partial charge in [0.2, 0.25) is 5.91 Å². The van der Waals surface area contributed by atoms with Gasteiger partial charge in [-0.05, 0) is 48.9 Å². The summed E-state index contributed by atoms with van der Waals surface area (Å²) < 4.78 is 19.0. The average molecular weight is 545 g/mol. The van der Waals surface area contributed by atoms with Crippen molar-refractivity contribution in [3.63, 3.8) is 0 Å². The standard InChI is InChI=1S/C28H25FN6O3S/c1-17-32-23-13-22(18-2-4-21(29)5-3-18)24(12-20(23)14-35(17)10-11-38-15-26(30)36)33-27(37)25-16-39-28(34-25)19-6-8-31-9-7-19/h2-9,12-14,16-17H,10-11,15H2,1H3,(H2,30,36)(H,33,37)/t17-/m1/s1. The summed E-state index contributed by atoms with van der Waals surface area (Å²) in [6.45, 7) is 2.60. The van der Waals surface area contributed by atoms with Crippen molar-refractivity contribution in [1.29, 1.82) is 0 Å². The first kappa shape index (κ1) is 26.1. The third kappa shape index (κ3) is 6.16. The molecule has 0 aliphatic carbocycles. The maximum Gasteiger partial charge on any atom is 0.275 e. The summed E-state index contributed by atoms with van der Waals surface area (Å²) in [6, 6.07) is 13.5. The van der Waals surface area contributed by atoms with Crippen LogP contribution in [0.4, 0.5) is 10.1 Å². The third-order valence-corrected chi connectivity index (χ3v) is 6.97. The minimum absolute atomic E-state index is 0.146. The van der Waals surface area contributed by atoms with Crippen LogP contribution >= 0.6 is 11.3 Å². The second-order valence-electron chi connectivity index (χ2n) is 8.84. The molecule has 1 atom stereocenters. The predicted octanol–water partition coefficient (Wildman–Crippen LogP) is 2.78. The van der Waals surface area contributed by atoms with Crippen LogP contribution in [0.15, 0.2) is 71.3 Å². The Bertz CT molecular complexity index is 1630. The molecule has 2 aromatic carbocycles. The Balaban J connectivity index is 1.47. The van der Waals surface area contributed by atoms with Crippen LogP contribution < -0.4 is 21.6 Å². The molecule has 3 heterocycles. The van der Waals surface area contributed by atoms with Crippen molar-refractivity contribution in [3.05, 3.63) is 88.4 Å². The zero-order valence-corrected chi connectivity index (χ0v) is 21.8. The number of nitrogens with zero attached hydrogens (tertiary/aromatic N) is 4. The Hall–Kier alpha value is -4.48. The normalized spacial score (nSPS) is 14.2. The Morgan fingerprint density at radius 2 is 1.90 bits per heavy atom. The Kier molecular flexibility index (Phi) is 7.71. The van der Waals surface area contributed by atoms with Gasteiger partial charge in [-0.2, -0.15) is 0 Å². The third-order valence-electron chi connectivity index (χ3n) is 6.08. The van der Waals surface area contributed by atoms with Gasteiger partial charge in [-0.1, -0.05) is 12.1 Å². The monoisotopic (exact) mass is 544 g/mol. The molecule has 9 nitrogen and oxygen atoms in total. The SMILES string of the molecule is C[C@@H]1N=c2cc(-c3ccc(F)cc3)c(NC(=O)c3csc(-c4ccncc4)n3)cc2=CN1CCOCC(N)=O. The molecule has 0 radical (unpaired) electrons. The molecule has 0 unspecified atom stereocenters. The van der Waals surface area contributed by atoms with Crippen molar-refractivity contribution in [2.24, 2.45) is 10.7 Å². The van der Waals surface area contributed by atoms with Crippen LogP contribution in [0.2, 0.25) is 0 Å². The minimum atomic E-state index is -0.526. The molecule has 0 bridgehead atoms. The highest BCUT2D eigenvalue weighted by molar-refractivity contribution is 7.13. The van der Waals surface area contributed by atoms with Crippen molar-refractivity contribution in [3.8, 4) is 21.7 Å². The van der Waals surface area contributed by atoms with Gasteiger partial charge in [-0.15, -0.1) is 11.3 Å². The topological polar surface area (TPSA) is 123 Å². The van der Waals surface area contributed by atoms with E-state index in [1.807, 2.05) is 42.3 Å². The van der Waals surface area contributed by atoms with Gasteiger partial charge in [0.1, 0.15) is 29.3 Å². The number of primary amides is 1. The van der Waals surface area contributed by atoms with E-state index >= 15 is 0 Å². The van der Waals surface area contributed by atoms with Gasteiger partial charge in [0.25, 0.3) is 5.91 Å². The first-order valence-electron chi connectivity index (χ1n) is 12.2. The molecule has 0 spiro atoms. The van der Waals surface area contributed by atoms with Gasteiger partial charge >= 0.3 is 0 Å². The molecule has 5 rings (SSSR count). The average Bonchev–Trinajstić information content (AvgIpc) is 3.43. The lowest BCUT2D eigenvalue weighted by molar-refractivity contribution is -0.122. The van der Waals surface area contributed by atoms with Crippen LogP contribution in [-0.4, -0.2) is 52.6 Å². The number of nitrogens with two attached hydrogens (primary N) is 1. The van der Waals surface area contributed by atoms with Crippen LogP contribution in [-0.2, 0) is 9.53 Å². The minimum Gasteiger partial charge on any atom is -0.370 e. The number of pyridine rings is 1. The molecule has 198 valence electrons. The van der Waals surface area contributed by atoms with Gasteiger partial charge in [0.15, 0.2) is 0 Å². The number of aromatic nitrogens is 2. The molecule has 11 heteroatoms. The number of nitrogens with one attached hydrogen (secondary N) is 1. The lowest BCUT2D eigenvalue weighted by Crippen LogP contribution is -2.42. The molecule has 39 heavy (non-hydrogen) atoms. The van der Waals surface area contributed by atoms with Crippen molar-refractivity contribution >= 4 is 35.0 Å². The lowest BCUT2D eigenvalue weighted by Gasteiger charge is -2.27. The molecule has 2 aromatic heterocycles. The molecule has 4 aromatic rings. The van der Waals surface area contributed by atoms with Crippen LogP contribution in [0.1, 0.15) is 17.4 Å². The van der Waals surface area contributed by atoms with E-state index in [0.717, 1.165) is 21.7 Å². The van der Waals surface area contributed by atoms with E-state index in [9.17, 15) is 14.0 Å². The quantitative estimate of drug-likeness (QED) is 0.313. The summed E-state index contributed by atoms with van der Waals surface area (Å²) in [6.07, 6.45) is 5.11. The number of carbonyl (C=O) groups is 2. The Morgan fingerprint density at radius 1 is 1.13 bits per heavy atom. The number of hydrogen-bond acceptors (Lipinski definition) is 8. The highest BCUT2D eigenvalue weighted by Gasteiger charge is 2.18. The maximum atomic E-state index is 13.7. The zero-order valence-electron chi connectivity index (χ0n) is 21.0. The van der Waals surface area contributed by atoms with Crippen LogP contribution in [0.5, 0.6) is 0 Å². The van der Waals surface area contributed by atoms with Crippen molar-refractivity contribution in [2.75, 3.05) is 25.1 Å². The van der Waals surface area contributed by atoms with Crippen LogP contribution in [0.25, 0.3) is 27.9 Å². The Morgan fingerprint density at radius 3 is 2.64 bits per heavy atom. The number of amides is 2. The summed E-state index contributed by atoms with van der Waals surface area (Å²) in [5.74, 6) is -1.25. The smallest absolute Gasteiger partial charge is 0.275 e. The number of thiazole rings is 1. The molecule has 1 aliphatic heterocycles. The summed E-state index contributed by atoms with van der Waals surface area (Å²) >= 11 is 1.37. The largest absolute Gasteiger partial charge is 0.370 e. The second-order valence-corrected chi connectivity index (χ2v) is 9.70. The van der Waals surface area contributed by atoms with E-state index in [0.29, 0.717) is 29.4 Å². The van der Waals surface area contributed by atoms with Gasteiger partial charge in [-0.3, -0.25) is 19.6 Å². The van der Waals surface area contributed by atoms with Gasteiger partial charge in [-0.25, -0.2) is 9.37 Å². The van der Waals surface area contributed by atoms with Crippen molar-refractivity contribution in [1.82, 2.24) is 14.9 Å². The van der Waals surface area contributed by atoms with E-state index in [2.05, 4.69) is 15.3 Å². The van der Waals surface area contributed by atoms with E-state index < -0.39 is 5.91 Å². The molecule has 2 amide bonds. The van der Waals surface area contributed by atoms with E-state index in [4.69, 9.17) is 15.5 Å². The first-order valence-corrected chi connectivity index (χ1v) is 13.0. The maximum absolute atomic E-state index is 13.7. The van der Waals surface area contributed by atoms with Crippen molar-refractivity contribution in [2.45, 2.75) is 13.1 Å². The number of benzene rings is 2. The van der Waals surface area contributed by atoms with E-state index in [1.54, 1.807) is 29.9 Å². The molecule has 3 N–H and O–H groups in total. The molecular formula is C28H25FN6O3S. The summed E-state index contributed by atoms with van der Waals surface area (Å²) in [5.41, 5.74) is 8.27. The predicted molar refractivity (Wildman–Crippen MR) is 147 cm³/mol. The summed E-state index contributed by atoms with van der Waals surface area (Å²) in [7, 11) is 0. The van der Waals surface area contributed by atoms with Gasteiger partial charge < -0.3 is 20.7 Å². The highest BCUT2D eigenvalue weighted by atomic mass is 32.1. The van der Waals surface area contributed by atoms with Gasteiger partial charge in [0.05, 0.1) is 12.0 Å². The number of rotatable bonds is 9. The summed E-state index contributed by atoms with van der Waals surface area (Å²) in [5, 5.41) is 6.94. The molecule has 0 saturated heterocycles. The van der Waals surface area contributed by atoms with Gasteiger partial charge in [0, 0.05) is 52.6 Å². The lowest BCUT2D eigenvalue weighted by atomic mass is 10.0. The molecular weight excluding hydrogens is 519 g/mol.